The van der Waals surface area contributed by atoms with Gasteiger partial charge in [0.15, 0.2) is 0 Å². The third-order valence-corrected chi connectivity index (χ3v) is 6.78. The number of hydrogen-bond donors (Lipinski definition) is 1. The predicted octanol–water partition coefficient (Wildman–Crippen LogP) is 6.19. The highest BCUT2D eigenvalue weighted by molar-refractivity contribution is 5.70. The van der Waals surface area contributed by atoms with Crippen molar-refractivity contribution < 1.29 is 28.2 Å². The lowest BCUT2D eigenvalue weighted by Crippen LogP contribution is -2.31. The van der Waals surface area contributed by atoms with Crippen LogP contribution < -0.4 is 0 Å². The van der Waals surface area contributed by atoms with Crippen LogP contribution in [0.1, 0.15) is 53.8 Å². The van der Waals surface area contributed by atoms with Crippen LogP contribution in [0.25, 0.3) is 11.5 Å². The quantitative estimate of drug-likeness (QED) is 0.361. The van der Waals surface area contributed by atoms with Crippen molar-refractivity contribution in [3.8, 4) is 11.5 Å². The zero-order chi connectivity index (χ0) is 25.7. The van der Waals surface area contributed by atoms with Crippen LogP contribution in [0.5, 0.6) is 0 Å². The molecule has 3 atom stereocenters. The van der Waals surface area contributed by atoms with Gasteiger partial charge >= 0.3 is 5.97 Å². The molecule has 1 aliphatic carbocycles. The molecule has 0 saturated heterocycles. The van der Waals surface area contributed by atoms with Crippen LogP contribution in [0, 0.1) is 32.5 Å². The molecule has 36 heavy (non-hydrogen) atoms. The average molecular weight is 496 g/mol. The van der Waals surface area contributed by atoms with Crippen LogP contribution in [-0.4, -0.2) is 34.9 Å². The number of aryl methyl sites for hydroxylation is 3. The first-order valence-corrected chi connectivity index (χ1v) is 12.5. The highest BCUT2D eigenvalue weighted by Gasteiger charge is 2.27. The smallest absolute Gasteiger partial charge is 0.309 e. The zero-order valence-electron chi connectivity index (χ0n) is 21.1. The zero-order valence-corrected chi connectivity index (χ0v) is 21.1. The number of oxazole rings is 1. The third kappa shape index (κ3) is 6.80. The van der Waals surface area contributed by atoms with E-state index in [0.29, 0.717) is 30.9 Å². The maximum atomic E-state index is 13.5. The van der Waals surface area contributed by atoms with Crippen molar-refractivity contribution in [2.24, 2.45) is 5.92 Å². The summed E-state index contributed by atoms with van der Waals surface area (Å²) in [4.78, 5) is 16.5. The molecule has 1 aromatic heterocycles. The average Bonchev–Trinajstić information content (AvgIpc) is 3.23. The summed E-state index contributed by atoms with van der Waals surface area (Å²) in [6.45, 7) is 6.09. The van der Waals surface area contributed by atoms with E-state index in [2.05, 4.69) is 4.98 Å². The summed E-state index contributed by atoms with van der Waals surface area (Å²) >= 11 is 0. The third-order valence-electron chi connectivity index (χ3n) is 6.78. The molecule has 1 aliphatic rings. The Hall–Kier alpha value is -3.03. The van der Waals surface area contributed by atoms with Gasteiger partial charge in [-0.2, -0.15) is 0 Å². The number of hydrogen-bond acceptors (Lipinski definition) is 5. The number of halogens is 1. The number of carbonyl (C=O) groups is 1. The van der Waals surface area contributed by atoms with Gasteiger partial charge in [0, 0.05) is 5.56 Å². The van der Waals surface area contributed by atoms with Gasteiger partial charge in [0.25, 0.3) is 0 Å². The van der Waals surface area contributed by atoms with Crippen molar-refractivity contribution >= 4 is 5.97 Å². The molecule has 0 radical (unpaired) electrons. The normalized spacial score (nSPS) is 18.8. The Morgan fingerprint density at radius 1 is 1.14 bits per heavy atom. The monoisotopic (exact) mass is 495 g/mol. The number of benzene rings is 2. The molecular weight excluding hydrogens is 461 g/mol. The van der Waals surface area contributed by atoms with Crippen molar-refractivity contribution in [2.75, 3.05) is 6.61 Å². The molecule has 3 aromatic rings. The van der Waals surface area contributed by atoms with E-state index < -0.39 is 11.9 Å². The van der Waals surface area contributed by atoms with Crippen LogP contribution in [-0.2, 0) is 27.3 Å². The predicted molar refractivity (Wildman–Crippen MR) is 134 cm³/mol. The standard InChI is InChI=1S/C29H34FNO5/c1-18-6-4-7-22(12-18)28-31-27(20(3)36-28)17-35-25-9-5-8-24(15-25)34-16-23(29(32)33)14-21-10-11-26(30)19(2)13-21/h4,6-7,10-13,23-25H,5,8-9,14-17H2,1-3H3,(H,32,33)/t23?,24-,25+/m1/s1. The minimum Gasteiger partial charge on any atom is -0.481 e. The molecule has 0 aliphatic heterocycles. The van der Waals surface area contributed by atoms with E-state index in [1.54, 1.807) is 19.1 Å². The fourth-order valence-electron chi connectivity index (χ4n) is 4.65. The Morgan fingerprint density at radius 2 is 1.92 bits per heavy atom. The van der Waals surface area contributed by atoms with Gasteiger partial charge in [-0.15, -0.1) is 0 Å². The van der Waals surface area contributed by atoms with Gasteiger partial charge in [-0.25, -0.2) is 9.37 Å². The molecule has 2 aromatic carbocycles. The minimum atomic E-state index is -0.911. The molecule has 1 N–H and O–H groups in total. The molecule has 0 spiro atoms. The molecule has 6 nitrogen and oxygen atoms in total. The maximum Gasteiger partial charge on any atom is 0.309 e. The number of carboxylic acid groups (broad SMARTS) is 1. The van der Waals surface area contributed by atoms with Crippen LogP contribution in [0.2, 0.25) is 0 Å². The number of carboxylic acids is 1. The SMILES string of the molecule is Cc1cccc(-c2nc(CO[C@H]3CCC[C@@H](OCC(Cc4ccc(F)c(C)c4)C(=O)O)C3)c(C)o2)c1. The molecule has 1 fully saturated rings. The maximum absolute atomic E-state index is 13.5. The lowest BCUT2D eigenvalue weighted by atomic mass is 9.94. The second kappa shape index (κ2) is 11.8. The molecule has 0 amide bonds. The molecule has 1 saturated carbocycles. The lowest BCUT2D eigenvalue weighted by Gasteiger charge is -2.30. The fourth-order valence-corrected chi connectivity index (χ4v) is 4.65. The van der Waals surface area contributed by atoms with Gasteiger partial charge in [-0.1, -0.05) is 29.8 Å². The van der Waals surface area contributed by atoms with Crippen molar-refractivity contribution in [1.82, 2.24) is 4.98 Å². The van der Waals surface area contributed by atoms with Gasteiger partial charge in [-0.05, 0) is 82.2 Å². The largest absolute Gasteiger partial charge is 0.481 e. The van der Waals surface area contributed by atoms with Gasteiger partial charge in [0.1, 0.15) is 17.3 Å². The van der Waals surface area contributed by atoms with Crippen LogP contribution >= 0.6 is 0 Å². The van der Waals surface area contributed by atoms with Crippen molar-refractivity contribution in [3.63, 3.8) is 0 Å². The molecule has 7 heteroatoms. The van der Waals surface area contributed by atoms with E-state index in [1.807, 2.05) is 38.1 Å². The number of rotatable bonds is 10. The van der Waals surface area contributed by atoms with E-state index in [0.717, 1.165) is 47.4 Å². The van der Waals surface area contributed by atoms with Gasteiger partial charge in [0.05, 0.1) is 31.3 Å². The lowest BCUT2D eigenvalue weighted by molar-refractivity contribution is -0.145. The second-order valence-corrected chi connectivity index (χ2v) is 9.77. The Bertz CT molecular complexity index is 1190. The molecule has 4 rings (SSSR count). The van der Waals surface area contributed by atoms with Crippen molar-refractivity contribution in [1.29, 1.82) is 0 Å². The summed E-state index contributed by atoms with van der Waals surface area (Å²) < 4.78 is 31.6. The number of aromatic nitrogens is 1. The van der Waals surface area contributed by atoms with Gasteiger partial charge in [0.2, 0.25) is 5.89 Å². The van der Waals surface area contributed by atoms with Crippen LogP contribution in [0.3, 0.4) is 0 Å². The Labute approximate surface area is 211 Å². The molecule has 1 heterocycles. The molecule has 1 unspecified atom stereocenters. The van der Waals surface area contributed by atoms with E-state index in [9.17, 15) is 14.3 Å². The summed E-state index contributed by atoms with van der Waals surface area (Å²) in [5, 5.41) is 9.68. The summed E-state index contributed by atoms with van der Waals surface area (Å²) in [6, 6.07) is 12.8. The second-order valence-electron chi connectivity index (χ2n) is 9.77. The van der Waals surface area contributed by atoms with Crippen LogP contribution in [0.15, 0.2) is 46.9 Å². The Morgan fingerprint density at radius 3 is 2.64 bits per heavy atom. The van der Waals surface area contributed by atoms with E-state index in [-0.39, 0.29) is 24.6 Å². The first-order chi connectivity index (χ1) is 17.3. The number of nitrogens with zero attached hydrogens (tertiary/aromatic N) is 1. The number of ether oxygens (including phenoxy) is 2. The Balaban J connectivity index is 1.29. The summed E-state index contributed by atoms with van der Waals surface area (Å²) in [7, 11) is 0. The summed E-state index contributed by atoms with van der Waals surface area (Å²) in [6.07, 6.45) is 3.74. The van der Waals surface area contributed by atoms with Crippen molar-refractivity contribution in [3.05, 3.63) is 76.4 Å². The highest BCUT2D eigenvalue weighted by Crippen LogP contribution is 2.27. The van der Waals surface area contributed by atoms with Crippen molar-refractivity contribution in [2.45, 2.75) is 71.7 Å². The Kier molecular flexibility index (Phi) is 8.54. The van der Waals surface area contributed by atoms with E-state index >= 15 is 0 Å². The molecule has 0 bridgehead atoms. The highest BCUT2D eigenvalue weighted by atomic mass is 19.1. The first kappa shape index (κ1) is 26.0. The van der Waals surface area contributed by atoms with Gasteiger partial charge < -0.3 is 19.0 Å². The molecular formula is C29H34FNO5. The summed E-state index contributed by atoms with van der Waals surface area (Å²) in [5.74, 6) is -0.547. The van der Waals surface area contributed by atoms with Gasteiger partial charge in [-0.3, -0.25) is 4.79 Å². The van der Waals surface area contributed by atoms with Crippen LogP contribution in [0.4, 0.5) is 4.39 Å². The first-order valence-electron chi connectivity index (χ1n) is 12.5. The topological polar surface area (TPSA) is 81.8 Å². The van der Waals surface area contributed by atoms with E-state index in [4.69, 9.17) is 13.9 Å². The van der Waals surface area contributed by atoms with E-state index in [1.165, 1.54) is 6.07 Å². The minimum absolute atomic E-state index is 0.0188. The summed E-state index contributed by atoms with van der Waals surface area (Å²) in [5.41, 5.74) is 4.18. The number of aliphatic carboxylic acids is 1. The molecule has 192 valence electrons. The fraction of sp³-hybridized carbons (Fsp3) is 0.448.